The molecule has 0 unspecified atom stereocenters. The van der Waals surface area contributed by atoms with Gasteiger partial charge in [-0.3, -0.25) is 9.89 Å². The van der Waals surface area contributed by atoms with Crippen LogP contribution < -0.4 is 15.5 Å². The second-order valence-corrected chi connectivity index (χ2v) is 8.64. The third-order valence-electron chi connectivity index (χ3n) is 5.39. The molecule has 1 aromatic carbocycles. The summed E-state index contributed by atoms with van der Waals surface area (Å²) in [7, 11) is 0. The zero-order valence-electron chi connectivity index (χ0n) is 17.2. The summed E-state index contributed by atoms with van der Waals surface area (Å²) in [6, 6.07) is 4.88. The van der Waals surface area contributed by atoms with Gasteiger partial charge in [-0.25, -0.2) is 9.97 Å². The first-order valence-corrected chi connectivity index (χ1v) is 11.2. The van der Waals surface area contributed by atoms with Gasteiger partial charge >= 0.3 is 0 Å². The maximum Gasteiger partial charge on any atom is 0.242 e. The third kappa shape index (κ3) is 5.19. The number of hydrogen-bond donors (Lipinski definition) is 3. The molecule has 10 heteroatoms. The number of benzene rings is 1. The van der Waals surface area contributed by atoms with Crippen LogP contribution in [0.5, 0.6) is 0 Å². The SMILES string of the molecule is CCC[C@@H](Nc1cc(Cl)cc(Cl)c1)C(=O)N[C@@H]1CCCN(c2ncnc3[nH]ncc23)C1. The van der Waals surface area contributed by atoms with E-state index in [4.69, 9.17) is 23.2 Å². The van der Waals surface area contributed by atoms with Gasteiger partial charge in [-0.15, -0.1) is 0 Å². The van der Waals surface area contributed by atoms with E-state index in [0.29, 0.717) is 28.7 Å². The highest BCUT2D eigenvalue weighted by atomic mass is 35.5. The predicted molar refractivity (Wildman–Crippen MR) is 124 cm³/mol. The van der Waals surface area contributed by atoms with Crippen molar-refractivity contribution < 1.29 is 4.79 Å². The smallest absolute Gasteiger partial charge is 0.242 e. The van der Waals surface area contributed by atoms with Crippen molar-refractivity contribution in [1.29, 1.82) is 0 Å². The zero-order chi connectivity index (χ0) is 21.8. The lowest BCUT2D eigenvalue weighted by Gasteiger charge is -2.35. The van der Waals surface area contributed by atoms with Crippen molar-refractivity contribution in [3.8, 4) is 0 Å². The first-order chi connectivity index (χ1) is 15.0. The molecule has 0 saturated carbocycles. The van der Waals surface area contributed by atoms with Crippen molar-refractivity contribution in [2.45, 2.75) is 44.7 Å². The predicted octanol–water partition coefficient (Wildman–Crippen LogP) is 4.03. The highest BCUT2D eigenvalue weighted by Crippen LogP contribution is 2.25. The fraction of sp³-hybridized carbons (Fsp3) is 0.429. The van der Waals surface area contributed by atoms with Crippen LogP contribution in [0.25, 0.3) is 11.0 Å². The van der Waals surface area contributed by atoms with Gasteiger partial charge in [0.25, 0.3) is 0 Å². The molecule has 2 atom stereocenters. The molecule has 1 aliphatic rings. The maximum atomic E-state index is 13.1. The molecule has 1 aliphatic heterocycles. The number of anilines is 2. The molecule has 31 heavy (non-hydrogen) atoms. The number of hydrogen-bond acceptors (Lipinski definition) is 6. The van der Waals surface area contributed by atoms with Crippen LogP contribution in [-0.4, -0.2) is 51.2 Å². The Morgan fingerprint density at radius 3 is 2.87 bits per heavy atom. The summed E-state index contributed by atoms with van der Waals surface area (Å²) >= 11 is 12.2. The first-order valence-electron chi connectivity index (χ1n) is 10.5. The monoisotopic (exact) mass is 461 g/mol. The number of fused-ring (bicyclic) bond motifs is 1. The minimum absolute atomic E-state index is 0.0269. The van der Waals surface area contributed by atoms with E-state index in [0.717, 1.165) is 42.7 Å². The Balaban J connectivity index is 1.44. The van der Waals surface area contributed by atoms with Gasteiger partial charge < -0.3 is 15.5 Å². The Morgan fingerprint density at radius 2 is 2.10 bits per heavy atom. The standard InChI is InChI=1S/C21H25Cl2N7O/c1-2-4-18(27-16-8-13(22)7-14(23)9-16)21(31)28-15-5-3-6-30(11-15)20-17-10-26-29-19(17)24-12-25-20/h7-10,12,15,18,27H,2-6,11H2,1H3,(H,28,31)(H,24,25,26,29)/t15-,18-/m1/s1. The van der Waals surface area contributed by atoms with E-state index < -0.39 is 0 Å². The number of carbonyl (C=O) groups is 1. The van der Waals surface area contributed by atoms with E-state index in [1.807, 2.05) is 0 Å². The van der Waals surface area contributed by atoms with Crippen LogP contribution in [0, 0.1) is 0 Å². The van der Waals surface area contributed by atoms with Crippen molar-refractivity contribution in [2.75, 3.05) is 23.3 Å². The number of halogens is 2. The molecule has 0 spiro atoms. The summed E-state index contributed by atoms with van der Waals surface area (Å²) in [5, 5.41) is 15.4. The number of H-pyrrole nitrogens is 1. The molecule has 0 radical (unpaired) electrons. The van der Waals surface area contributed by atoms with Crippen molar-refractivity contribution in [3.63, 3.8) is 0 Å². The van der Waals surface area contributed by atoms with Crippen LogP contribution in [0.4, 0.5) is 11.5 Å². The summed E-state index contributed by atoms with van der Waals surface area (Å²) in [5.41, 5.74) is 1.45. The molecule has 3 N–H and O–H groups in total. The van der Waals surface area contributed by atoms with E-state index in [-0.39, 0.29) is 18.0 Å². The van der Waals surface area contributed by atoms with Gasteiger partial charge in [-0.2, -0.15) is 5.10 Å². The number of nitrogens with one attached hydrogen (secondary N) is 3. The summed E-state index contributed by atoms with van der Waals surface area (Å²) in [6.45, 7) is 3.62. The number of piperidine rings is 1. The molecule has 0 bridgehead atoms. The summed E-state index contributed by atoms with van der Waals surface area (Å²) in [6.07, 6.45) is 6.73. The zero-order valence-corrected chi connectivity index (χ0v) is 18.7. The molecule has 164 valence electrons. The Bertz CT molecular complexity index is 1040. The lowest BCUT2D eigenvalue weighted by molar-refractivity contribution is -0.122. The number of nitrogens with zero attached hydrogens (tertiary/aromatic N) is 4. The highest BCUT2D eigenvalue weighted by molar-refractivity contribution is 6.35. The highest BCUT2D eigenvalue weighted by Gasteiger charge is 2.26. The Morgan fingerprint density at radius 1 is 1.29 bits per heavy atom. The second kappa shape index (κ2) is 9.70. The van der Waals surface area contributed by atoms with Gasteiger partial charge in [0.05, 0.1) is 11.6 Å². The summed E-state index contributed by atoms with van der Waals surface area (Å²) < 4.78 is 0. The number of rotatable bonds is 7. The number of carbonyl (C=O) groups excluding carboxylic acids is 1. The van der Waals surface area contributed by atoms with E-state index in [1.54, 1.807) is 24.4 Å². The van der Waals surface area contributed by atoms with E-state index in [9.17, 15) is 4.79 Å². The summed E-state index contributed by atoms with van der Waals surface area (Å²) in [4.78, 5) is 23.9. The molecule has 0 aliphatic carbocycles. The second-order valence-electron chi connectivity index (χ2n) is 7.77. The van der Waals surface area contributed by atoms with Crippen LogP contribution >= 0.6 is 23.2 Å². The molecule has 3 aromatic rings. The number of aromatic nitrogens is 4. The minimum Gasteiger partial charge on any atom is -0.374 e. The number of aromatic amines is 1. The molecule has 8 nitrogen and oxygen atoms in total. The molecule has 4 rings (SSSR count). The minimum atomic E-state index is -0.366. The van der Waals surface area contributed by atoms with Gasteiger partial charge in [0.1, 0.15) is 18.2 Å². The van der Waals surface area contributed by atoms with Crippen LogP contribution in [0.2, 0.25) is 10.0 Å². The van der Waals surface area contributed by atoms with Crippen molar-refractivity contribution >= 4 is 51.6 Å². The molecular weight excluding hydrogens is 437 g/mol. The molecule has 1 amide bonds. The summed E-state index contributed by atoms with van der Waals surface area (Å²) in [5.74, 6) is 0.815. The van der Waals surface area contributed by atoms with E-state index >= 15 is 0 Å². The average Bonchev–Trinajstić information content (AvgIpc) is 3.22. The van der Waals surface area contributed by atoms with Crippen molar-refractivity contribution in [1.82, 2.24) is 25.5 Å². The molecule has 2 aromatic heterocycles. The van der Waals surface area contributed by atoms with Crippen LogP contribution in [0.15, 0.2) is 30.7 Å². The number of amides is 1. The molecule has 1 saturated heterocycles. The van der Waals surface area contributed by atoms with Gasteiger partial charge in [-0.05, 0) is 37.5 Å². The van der Waals surface area contributed by atoms with Crippen molar-refractivity contribution in [3.05, 3.63) is 40.8 Å². The van der Waals surface area contributed by atoms with E-state index in [2.05, 4.69) is 42.6 Å². The quantitative estimate of drug-likeness (QED) is 0.491. The van der Waals surface area contributed by atoms with Crippen molar-refractivity contribution in [2.24, 2.45) is 0 Å². The van der Waals surface area contributed by atoms with Crippen LogP contribution in [-0.2, 0) is 4.79 Å². The van der Waals surface area contributed by atoms with Gasteiger partial charge in [0.2, 0.25) is 5.91 Å². The normalized spacial score (nSPS) is 17.5. The Kier molecular flexibility index (Phi) is 6.77. The molecule has 1 fully saturated rings. The molecular formula is C21H25Cl2N7O. The van der Waals surface area contributed by atoms with E-state index in [1.165, 1.54) is 6.33 Å². The maximum absolute atomic E-state index is 13.1. The van der Waals surface area contributed by atoms with Gasteiger partial charge in [0, 0.05) is 34.9 Å². The van der Waals surface area contributed by atoms with Crippen LogP contribution in [0.3, 0.4) is 0 Å². The van der Waals surface area contributed by atoms with Crippen LogP contribution in [0.1, 0.15) is 32.6 Å². The largest absolute Gasteiger partial charge is 0.374 e. The topological polar surface area (TPSA) is 98.8 Å². The third-order valence-corrected chi connectivity index (χ3v) is 5.83. The average molecular weight is 462 g/mol. The fourth-order valence-corrected chi connectivity index (χ4v) is 4.52. The lowest BCUT2D eigenvalue weighted by Crippen LogP contribution is -2.51. The first kappa shape index (κ1) is 21.6. The Labute approximate surface area is 190 Å². The fourth-order valence-electron chi connectivity index (χ4n) is 3.99. The van der Waals surface area contributed by atoms with Gasteiger partial charge in [0.15, 0.2) is 5.65 Å². The Hall–Kier alpha value is -2.58. The van der Waals surface area contributed by atoms with Gasteiger partial charge in [-0.1, -0.05) is 36.5 Å². The lowest BCUT2D eigenvalue weighted by atomic mass is 10.0. The molecule has 3 heterocycles.